The van der Waals surface area contributed by atoms with Gasteiger partial charge in [-0.25, -0.2) is 0 Å². The quantitative estimate of drug-likeness (QED) is 0.658. The number of hydrogen-bond acceptors (Lipinski definition) is 4. The highest BCUT2D eigenvalue weighted by Crippen LogP contribution is 2.19. The standard InChI is InChI=1S/C21H21NO4/c1-15(2)26-19-9-5-16(6-10-19)14-25-18-11-7-17(8-12-18)22-21(23)20-4-3-13-24-20/h3-13,15H,14H2,1-2H3,(H,22,23). The molecule has 134 valence electrons. The van der Waals surface area contributed by atoms with Gasteiger partial charge in [-0.2, -0.15) is 0 Å². The maximum Gasteiger partial charge on any atom is 0.291 e. The van der Waals surface area contributed by atoms with Gasteiger partial charge in [0, 0.05) is 5.69 Å². The Hall–Kier alpha value is -3.21. The fourth-order valence-electron chi connectivity index (χ4n) is 2.34. The molecule has 5 nitrogen and oxygen atoms in total. The van der Waals surface area contributed by atoms with Crippen molar-refractivity contribution in [3.8, 4) is 11.5 Å². The van der Waals surface area contributed by atoms with Crippen LogP contribution < -0.4 is 14.8 Å². The zero-order valence-corrected chi connectivity index (χ0v) is 14.8. The van der Waals surface area contributed by atoms with Crippen LogP contribution in [0.2, 0.25) is 0 Å². The van der Waals surface area contributed by atoms with E-state index in [2.05, 4.69) is 5.32 Å². The fraction of sp³-hybridized carbons (Fsp3) is 0.190. The minimum absolute atomic E-state index is 0.156. The molecule has 1 N–H and O–H groups in total. The van der Waals surface area contributed by atoms with Crippen LogP contribution >= 0.6 is 0 Å². The van der Waals surface area contributed by atoms with Crippen molar-refractivity contribution >= 4 is 11.6 Å². The van der Waals surface area contributed by atoms with Gasteiger partial charge in [0.1, 0.15) is 18.1 Å². The van der Waals surface area contributed by atoms with Crippen molar-refractivity contribution in [1.82, 2.24) is 0 Å². The largest absolute Gasteiger partial charge is 0.491 e. The number of nitrogens with one attached hydrogen (secondary N) is 1. The number of ether oxygens (including phenoxy) is 2. The van der Waals surface area contributed by atoms with Crippen molar-refractivity contribution in [3.05, 3.63) is 78.3 Å². The summed E-state index contributed by atoms with van der Waals surface area (Å²) in [5.41, 5.74) is 1.73. The molecule has 0 radical (unpaired) electrons. The van der Waals surface area contributed by atoms with E-state index in [9.17, 15) is 4.79 Å². The SMILES string of the molecule is CC(C)Oc1ccc(COc2ccc(NC(=O)c3ccco3)cc2)cc1. The Bertz CT molecular complexity index is 821. The summed E-state index contributed by atoms with van der Waals surface area (Å²) < 4.78 is 16.5. The summed E-state index contributed by atoms with van der Waals surface area (Å²) in [6.07, 6.45) is 1.62. The van der Waals surface area contributed by atoms with Crippen molar-refractivity contribution in [1.29, 1.82) is 0 Å². The minimum atomic E-state index is -0.285. The molecule has 5 heteroatoms. The van der Waals surface area contributed by atoms with Crippen LogP contribution in [0.4, 0.5) is 5.69 Å². The number of benzene rings is 2. The van der Waals surface area contributed by atoms with E-state index in [1.165, 1.54) is 6.26 Å². The first kappa shape index (κ1) is 17.6. The first-order valence-electron chi connectivity index (χ1n) is 8.43. The van der Waals surface area contributed by atoms with Crippen LogP contribution in [-0.4, -0.2) is 12.0 Å². The second kappa shape index (κ2) is 8.25. The number of hydrogen-bond donors (Lipinski definition) is 1. The second-order valence-electron chi connectivity index (χ2n) is 6.06. The first-order valence-corrected chi connectivity index (χ1v) is 8.43. The number of amides is 1. The lowest BCUT2D eigenvalue weighted by Crippen LogP contribution is -2.10. The second-order valence-corrected chi connectivity index (χ2v) is 6.06. The maximum atomic E-state index is 11.9. The van der Waals surface area contributed by atoms with E-state index in [1.54, 1.807) is 24.3 Å². The highest BCUT2D eigenvalue weighted by atomic mass is 16.5. The minimum Gasteiger partial charge on any atom is -0.491 e. The number of carbonyl (C=O) groups is 1. The van der Waals surface area contributed by atoms with E-state index in [-0.39, 0.29) is 17.8 Å². The Morgan fingerprint density at radius 1 is 1.00 bits per heavy atom. The smallest absolute Gasteiger partial charge is 0.291 e. The third-order valence-electron chi connectivity index (χ3n) is 3.56. The average molecular weight is 351 g/mol. The molecule has 0 bridgehead atoms. The zero-order valence-electron chi connectivity index (χ0n) is 14.8. The number of furan rings is 1. The maximum absolute atomic E-state index is 11.9. The lowest BCUT2D eigenvalue weighted by atomic mass is 10.2. The number of anilines is 1. The van der Waals surface area contributed by atoms with E-state index in [0.29, 0.717) is 12.3 Å². The highest BCUT2D eigenvalue weighted by Gasteiger charge is 2.08. The number of carbonyl (C=O) groups excluding carboxylic acids is 1. The molecule has 0 aliphatic rings. The predicted molar refractivity (Wildman–Crippen MR) is 99.6 cm³/mol. The molecule has 1 aromatic heterocycles. The van der Waals surface area contributed by atoms with E-state index in [1.807, 2.05) is 50.2 Å². The molecule has 3 rings (SSSR count). The van der Waals surface area contributed by atoms with Crippen molar-refractivity contribution in [2.75, 3.05) is 5.32 Å². The molecule has 1 amide bonds. The summed E-state index contributed by atoms with van der Waals surface area (Å²) in [5.74, 6) is 1.56. The monoisotopic (exact) mass is 351 g/mol. The Kier molecular flexibility index (Phi) is 5.59. The molecule has 0 spiro atoms. The molecule has 0 aliphatic heterocycles. The highest BCUT2D eigenvalue weighted by molar-refractivity contribution is 6.02. The molecule has 0 saturated carbocycles. The molecular weight excluding hydrogens is 330 g/mol. The number of rotatable bonds is 7. The van der Waals surface area contributed by atoms with Crippen LogP contribution in [0, 0.1) is 0 Å². The molecule has 2 aromatic carbocycles. The molecule has 1 heterocycles. The molecule has 0 unspecified atom stereocenters. The van der Waals surface area contributed by atoms with Crippen molar-refractivity contribution in [2.24, 2.45) is 0 Å². The summed E-state index contributed by atoms with van der Waals surface area (Å²) >= 11 is 0. The van der Waals surface area contributed by atoms with Gasteiger partial charge >= 0.3 is 0 Å². The van der Waals surface area contributed by atoms with Gasteiger partial charge in [-0.05, 0) is 67.9 Å². The van der Waals surface area contributed by atoms with Gasteiger partial charge < -0.3 is 19.2 Å². The fourth-order valence-corrected chi connectivity index (χ4v) is 2.34. The van der Waals surface area contributed by atoms with Crippen molar-refractivity contribution in [3.63, 3.8) is 0 Å². The Morgan fingerprint density at radius 2 is 1.69 bits per heavy atom. The van der Waals surface area contributed by atoms with E-state index in [4.69, 9.17) is 13.9 Å². The molecule has 0 aliphatic carbocycles. The topological polar surface area (TPSA) is 60.7 Å². The summed E-state index contributed by atoms with van der Waals surface area (Å²) in [6, 6.07) is 18.3. The third-order valence-corrected chi connectivity index (χ3v) is 3.56. The van der Waals surface area contributed by atoms with Crippen LogP contribution in [0.25, 0.3) is 0 Å². The summed E-state index contributed by atoms with van der Waals surface area (Å²) in [6.45, 7) is 4.45. The van der Waals surface area contributed by atoms with E-state index >= 15 is 0 Å². The lowest BCUT2D eigenvalue weighted by Gasteiger charge is -2.11. The predicted octanol–water partition coefficient (Wildman–Crippen LogP) is 4.90. The van der Waals surface area contributed by atoms with Gasteiger partial charge in [0.2, 0.25) is 0 Å². The van der Waals surface area contributed by atoms with Gasteiger partial charge in [-0.3, -0.25) is 4.79 Å². The average Bonchev–Trinajstić information content (AvgIpc) is 3.17. The van der Waals surface area contributed by atoms with Gasteiger partial charge in [0.25, 0.3) is 5.91 Å². The molecule has 0 saturated heterocycles. The molecule has 26 heavy (non-hydrogen) atoms. The molecule has 0 atom stereocenters. The van der Waals surface area contributed by atoms with Gasteiger partial charge in [0.05, 0.1) is 12.4 Å². The van der Waals surface area contributed by atoms with Gasteiger partial charge in [0.15, 0.2) is 5.76 Å². The van der Waals surface area contributed by atoms with Crippen molar-refractivity contribution in [2.45, 2.75) is 26.6 Å². The van der Waals surface area contributed by atoms with E-state index < -0.39 is 0 Å². The Balaban J connectivity index is 1.52. The first-order chi connectivity index (χ1) is 12.6. The van der Waals surface area contributed by atoms with Gasteiger partial charge in [-0.15, -0.1) is 0 Å². The van der Waals surface area contributed by atoms with Crippen LogP contribution in [0.3, 0.4) is 0 Å². The lowest BCUT2D eigenvalue weighted by molar-refractivity contribution is 0.0996. The summed E-state index contributed by atoms with van der Waals surface area (Å²) in [5, 5.41) is 2.76. The van der Waals surface area contributed by atoms with Crippen LogP contribution in [0.5, 0.6) is 11.5 Å². The Labute approximate surface area is 152 Å². The zero-order chi connectivity index (χ0) is 18.4. The molecule has 3 aromatic rings. The van der Waals surface area contributed by atoms with Crippen molar-refractivity contribution < 1.29 is 18.7 Å². The summed E-state index contributed by atoms with van der Waals surface area (Å²) in [4.78, 5) is 11.9. The normalized spacial score (nSPS) is 10.6. The molecular formula is C21H21NO4. The van der Waals surface area contributed by atoms with Crippen LogP contribution in [-0.2, 0) is 6.61 Å². The molecule has 0 fully saturated rings. The Morgan fingerprint density at radius 3 is 2.31 bits per heavy atom. The summed E-state index contributed by atoms with van der Waals surface area (Å²) in [7, 11) is 0. The third kappa shape index (κ3) is 4.89. The van der Waals surface area contributed by atoms with Gasteiger partial charge in [-0.1, -0.05) is 12.1 Å². The van der Waals surface area contributed by atoms with E-state index in [0.717, 1.165) is 17.1 Å². The van der Waals surface area contributed by atoms with Crippen LogP contribution in [0.1, 0.15) is 30.0 Å². The van der Waals surface area contributed by atoms with Crippen LogP contribution in [0.15, 0.2) is 71.3 Å².